The van der Waals surface area contributed by atoms with Gasteiger partial charge in [0.1, 0.15) is 5.82 Å². The average molecular weight is 375 g/mol. The standard InChI is InChI=1S/C17H14FN3O4S/c1-9-5-10(2)16-14(6-9)26-17(20-16)19-15(22)8-25-13-7-11(18)3-4-12(13)21(23)24/h3-7H,8H2,1-2H3,(H,19,20,22). The smallest absolute Gasteiger partial charge is 0.311 e. The molecule has 26 heavy (non-hydrogen) atoms. The third-order valence-electron chi connectivity index (χ3n) is 3.55. The van der Waals surface area contributed by atoms with Crippen molar-refractivity contribution in [3.8, 4) is 5.75 Å². The first kappa shape index (κ1) is 17.7. The number of carbonyl (C=O) groups excluding carboxylic acids is 1. The highest BCUT2D eigenvalue weighted by Crippen LogP contribution is 2.30. The number of hydrogen-bond acceptors (Lipinski definition) is 6. The summed E-state index contributed by atoms with van der Waals surface area (Å²) in [6.07, 6.45) is 0. The number of ether oxygens (including phenoxy) is 1. The normalized spacial score (nSPS) is 10.7. The molecule has 0 saturated heterocycles. The van der Waals surface area contributed by atoms with Gasteiger partial charge in [-0.25, -0.2) is 9.37 Å². The molecule has 0 fully saturated rings. The second kappa shape index (κ2) is 7.04. The number of aromatic nitrogens is 1. The summed E-state index contributed by atoms with van der Waals surface area (Å²) in [7, 11) is 0. The van der Waals surface area contributed by atoms with Crippen molar-refractivity contribution in [3.63, 3.8) is 0 Å². The van der Waals surface area contributed by atoms with E-state index >= 15 is 0 Å². The molecule has 1 N–H and O–H groups in total. The van der Waals surface area contributed by atoms with Crippen molar-refractivity contribution in [1.29, 1.82) is 0 Å². The van der Waals surface area contributed by atoms with Crippen LogP contribution in [0, 0.1) is 29.8 Å². The van der Waals surface area contributed by atoms with E-state index in [4.69, 9.17) is 4.74 Å². The number of benzene rings is 2. The molecule has 7 nitrogen and oxygen atoms in total. The fourth-order valence-corrected chi connectivity index (χ4v) is 3.54. The van der Waals surface area contributed by atoms with Gasteiger partial charge in [-0.15, -0.1) is 0 Å². The topological polar surface area (TPSA) is 94.4 Å². The van der Waals surface area contributed by atoms with E-state index in [1.54, 1.807) is 0 Å². The van der Waals surface area contributed by atoms with Crippen LogP contribution in [0.25, 0.3) is 10.2 Å². The number of fused-ring (bicyclic) bond motifs is 1. The molecule has 0 aliphatic rings. The number of nitro benzene ring substituents is 1. The number of amides is 1. The largest absolute Gasteiger partial charge is 0.477 e. The third-order valence-corrected chi connectivity index (χ3v) is 4.47. The van der Waals surface area contributed by atoms with Crippen LogP contribution in [0.15, 0.2) is 30.3 Å². The molecule has 1 heterocycles. The first-order valence-corrected chi connectivity index (χ1v) is 8.39. The molecule has 0 atom stereocenters. The van der Waals surface area contributed by atoms with Gasteiger partial charge in [-0.1, -0.05) is 17.4 Å². The van der Waals surface area contributed by atoms with Crippen LogP contribution in [0.4, 0.5) is 15.2 Å². The van der Waals surface area contributed by atoms with Crippen LogP contribution in [-0.2, 0) is 4.79 Å². The number of anilines is 1. The average Bonchev–Trinajstić information content (AvgIpc) is 2.95. The molecule has 9 heteroatoms. The van der Waals surface area contributed by atoms with E-state index in [-0.39, 0.29) is 5.75 Å². The van der Waals surface area contributed by atoms with Gasteiger partial charge in [0.15, 0.2) is 11.7 Å². The number of nitrogens with one attached hydrogen (secondary N) is 1. The van der Waals surface area contributed by atoms with E-state index in [0.29, 0.717) is 5.13 Å². The first-order chi connectivity index (χ1) is 12.3. The minimum absolute atomic E-state index is 0.305. The van der Waals surface area contributed by atoms with E-state index in [1.165, 1.54) is 11.3 Å². The molecule has 1 amide bonds. The molecule has 0 aliphatic carbocycles. The van der Waals surface area contributed by atoms with Crippen LogP contribution in [0.2, 0.25) is 0 Å². The monoisotopic (exact) mass is 375 g/mol. The Morgan fingerprint density at radius 1 is 1.35 bits per heavy atom. The lowest BCUT2D eigenvalue weighted by atomic mass is 10.1. The summed E-state index contributed by atoms with van der Waals surface area (Å²) >= 11 is 1.32. The van der Waals surface area contributed by atoms with Gasteiger partial charge in [0.2, 0.25) is 5.75 Å². The van der Waals surface area contributed by atoms with Crippen molar-refractivity contribution in [2.45, 2.75) is 13.8 Å². The second-order valence-corrected chi connectivity index (χ2v) is 6.68. The number of halogens is 1. The quantitative estimate of drug-likeness (QED) is 0.538. The van der Waals surface area contributed by atoms with E-state index in [2.05, 4.69) is 10.3 Å². The molecule has 0 saturated carbocycles. The Hall–Kier alpha value is -3.07. The van der Waals surface area contributed by atoms with Gasteiger partial charge < -0.3 is 4.74 Å². The molecule has 3 rings (SSSR count). The first-order valence-electron chi connectivity index (χ1n) is 7.58. The molecular weight excluding hydrogens is 361 g/mol. The summed E-state index contributed by atoms with van der Waals surface area (Å²) in [5.74, 6) is -1.54. The van der Waals surface area contributed by atoms with Crippen LogP contribution >= 0.6 is 11.3 Å². The maximum Gasteiger partial charge on any atom is 0.311 e. The summed E-state index contributed by atoms with van der Waals surface area (Å²) in [5.41, 5.74) is 2.49. The third kappa shape index (κ3) is 3.77. The maximum atomic E-state index is 13.3. The zero-order valence-electron chi connectivity index (χ0n) is 13.9. The lowest BCUT2D eigenvalue weighted by molar-refractivity contribution is -0.385. The van der Waals surface area contributed by atoms with Crippen LogP contribution in [0.1, 0.15) is 11.1 Å². The molecule has 0 radical (unpaired) electrons. The zero-order chi connectivity index (χ0) is 18.8. The number of nitro groups is 1. The molecule has 0 spiro atoms. The number of aryl methyl sites for hydroxylation is 2. The molecule has 0 unspecified atom stereocenters. The minimum Gasteiger partial charge on any atom is -0.477 e. The predicted molar refractivity (Wildman–Crippen MR) is 96.3 cm³/mol. The van der Waals surface area contributed by atoms with Gasteiger partial charge in [0.05, 0.1) is 15.1 Å². The Balaban J connectivity index is 1.71. The number of nitrogens with zero attached hydrogens (tertiary/aromatic N) is 2. The highest BCUT2D eigenvalue weighted by Gasteiger charge is 2.17. The van der Waals surface area contributed by atoms with Gasteiger partial charge in [-0.3, -0.25) is 20.2 Å². The summed E-state index contributed by atoms with van der Waals surface area (Å²) in [6, 6.07) is 6.79. The van der Waals surface area contributed by atoms with E-state index in [1.807, 2.05) is 26.0 Å². The summed E-state index contributed by atoms with van der Waals surface area (Å²) in [6.45, 7) is 3.41. The van der Waals surface area contributed by atoms with Gasteiger partial charge in [0, 0.05) is 12.1 Å². The lowest BCUT2D eigenvalue weighted by Crippen LogP contribution is -2.20. The van der Waals surface area contributed by atoms with Crippen LogP contribution in [0.5, 0.6) is 5.75 Å². The van der Waals surface area contributed by atoms with Crippen LogP contribution in [0.3, 0.4) is 0 Å². The molecule has 1 aromatic heterocycles. The fraction of sp³-hybridized carbons (Fsp3) is 0.176. The number of carbonyl (C=O) groups is 1. The van der Waals surface area contributed by atoms with Crippen molar-refractivity contribution in [1.82, 2.24) is 4.98 Å². The van der Waals surface area contributed by atoms with Crippen molar-refractivity contribution < 1.29 is 18.8 Å². The summed E-state index contributed by atoms with van der Waals surface area (Å²) in [5, 5.41) is 13.9. The fourth-order valence-electron chi connectivity index (χ4n) is 2.48. The number of rotatable bonds is 5. The van der Waals surface area contributed by atoms with Gasteiger partial charge >= 0.3 is 5.69 Å². The Morgan fingerprint density at radius 3 is 2.85 bits per heavy atom. The van der Waals surface area contributed by atoms with Crippen molar-refractivity contribution >= 4 is 38.3 Å². The molecule has 2 aromatic carbocycles. The Bertz CT molecular complexity index is 1020. The summed E-state index contributed by atoms with van der Waals surface area (Å²) < 4.78 is 19.3. The minimum atomic E-state index is -0.703. The van der Waals surface area contributed by atoms with Gasteiger partial charge in [0.25, 0.3) is 5.91 Å². The zero-order valence-corrected chi connectivity index (χ0v) is 14.7. The van der Waals surface area contributed by atoms with Crippen molar-refractivity contribution in [2.24, 2.45) is 0 Å². The number of thiazole rings is 1. The SMILES string of the molecule is Cc1cc(C)c2nc(NC(=O)COc3cc(F)ccc3[N+](=O)[O-])sc2c1. The molecule has 3 aromatic rings. The Kier molecular flexibility index (Phi) is 4.81. The Morgan fingerprint density at radius 2 is 2.12 bits per heavy atom. The highest BCUT2D eigenvalue weighted by atomic mass is 32.1. The predicted octanol–water partition coefficient (Wildman–Crippen LogP) is 3.98. The number of hydrogen-bond donors (Lipinski definition) is 1. The lowest BCUT2D eigenvalue weighted by Gasteiger charge is -2.06. The second-order valence-electron chi connectivity index (χ2n) is 5.65. The van der Waals surface area contributed by atoms with Gasteiger partial charge in [-0.2, -0.15) is 0 Å². The van der Waals surface area contributed by atoms with Crippen LogP contribution in [-0.4, -0.2) is 22.4 Å². The molecule has 134 valence electrons. The Labute approximate surface area is 151 Å². The molecule has 0 bridgehead atoms. The molecule has 0 aliphatic heterocycles. The van der Waals surface area contributed by atoms with E-state index in [0.717, 1.165) is 39.5 Å². The van der Waals surface area contributed by atoms with Crippen molar-refractivity contribution in [3.05, 3.63) is 57.4 Å². The summed E-state index contributed by atoms with van der Waals surface area (Å²) in [4.78, 5) is 26.6. The molecular formula is C17H14FN3O4S. The highest BCUT2D eigenvalue weighted by molar-refractivity contribution is 7.22. The van der Waals surface area contributed by atoms with Crippen molar-refractivity contribution in [2.75, 3.05) is 11.9 Å². The van der Waals surface area contributed by atoms with E-state index in [9.17, 15) is 19.3 Å². The maximum absolute atomic E-state index is 13.3. The van der Waals surface area contributed by atoms with Gasteiger partial charge in [-0.05, 0) is 37.1 Å². The van der Waals surface area contributed by atoms with E-state index < -0.39 is 28.9 Å². The van der Waals surface area contributed by atoms with Crippen LogP contribution < -0.4 is 10.1 Å².